The van der Waals surface area contributed by atoms with E-state index in [0.717, 1.165) is 0 Å². The molecule has 1 aliphatic rings. The Balaban J connectivity index is 1.51. The Morgan fingerprint density at radius 2 is 1.81 bits per heavy atom. The molecule has 0 unspecified atom stereocenters. The van der Waals surface area contributed by atoms with E-state index in [4.69, 9.17) is 16.1 Å². The van der Waals surface area contributed by atoms with Gasteiger partial charge in [0.1, 0.15) is 10.6 Å². The number of para-hydroxylation sites is 1. The number of aryl methyl sites for hydroxylation is 1. The molecule has 0 N–H and O–H groups in total. The molecule has 0 atom stereocenters. The predicted octanol–water partition coefficient (Wildman–Crippen LogP) is 3.27. The van der Waals surface area contributed by atoms with Gasteiger partial charge >= 0.3 is 0 Å². The minimum Gasteiger partial charge on any atom is -0.365 e. The number of halogens is 1. The molecule has 0 bridgehead atoms. The van der Waals surface area contributed by atoms with Crippen LogP contribution in [-0.2, 0) is 0 Å². The molecule has 3 heterocycles. The summed E-state index contributed by atoms with van der Waals surface area (Å²) >= 11 is 6.42. The molecule has 162 valence electrons. The fourth-order valence-electron chi connectivity index (χ4n) is 3.75. The largest absolute Gasteiger partial charge is 0.365 e. The maximum absolute atomic E-state index is 13.1. The van der Waals surface area contributed by atoms with Crippen LogP contribution in [0.2, 0.25) is 5.02 Å². The number of nitrogens with zero attached hydrogens (tertiary/aromatic N) is 5. The fraction of sp³-hybridized carbons (Fsp3) is 0.364. The van der Waals surface area contributed by atoms with E-state index in [2.05, 4.69) is 10.3 Å². The number of piperazine rings is 1. The Morgan fingerprint density at radius 1 is 1.13 bits per heavy atom. The number of hydrogen-bond donors (Lipinski definition) is 0. The molecule has 1 saturated heterocycles. The standard InChI is InChI=1S/C22H24ClN5O3/c1-14(2)20-18(15(3)25-31-20)21(29)27-11-9-26(10-12-27)17-13-24-28(22(30)19(17)23)16-7-5-4-6-8-16/h4-8,13-14H,9-12H2,1-3H3. The van der Waals surface area contributed by atoms with Crippen molar-refractivity contribution in [1.82, 2.24) is 19.8 Å². The Labute approximate surface area is 185 Å². The highest BCUT2D eigenvalue weighted by atomic mass is 35.5. The summed E-state index contributed by atoms with van der Waals surface area (Å²) in [5.74, 6) is 0.606. The van der Waals surface area contributed by atoms with E-state index in [1.54, 1.807) is 30.2 Å². The van der Waals surface area contributed by atoms with Crippen LogP contribution in [-0.4, -0.2) is 51.9 Å². The van der Waals surface area contributed by atoms with Gasteiger partial charge in [0.05, 0.1) is 23.3 Å². The van der Waals surface area contributed by atoms with Crippen molar-refractivity contribution in [3.05, 3.63) is 68.9 Å². The van der Waals surface area contributed by atoms with Gasteiger partial charge in [-0.25, -0.2) is 0 Å². The van der Waals surface area contributed by atoms with Crippen LogP contribution in [0, 0.1) is 6.92 Å². The molecule has 1 amide bonds. The number of anilines is 1. The second kappa shape index (κ2) is 8.55. The van der Waals surface area contributed by atoms with Crippen LogP contribution < -0.4 is 10.5 Å². The number of carbonyl (C=O) groups excluding carboxylic acids is 1. The normalized spacial score (nSPS) is 14.4. The van der Waals surface area contributed by atoms with Crippen molar-refractivity contribution in [3.8, 4) is 5.69 Å². The van der Waals surface area contributed by atoms with E-state index >= 15 is 0 Å². The van der Waals surface area contributed by atoms with Crippen LogP contribution in [0.15, 0.2) is 45.8 Å². The zero-order valence-electron chi connectivity index (χ0n) is 17.7. The molecule has 1 aliphatic heterocycles. The predicted molar refractivity (Wildman–Crippen MR) is 118 cm³/mol. The molecule has 0 radical (unpaired) electrons. The maximum atomic E-state index is 13.1. The first kappa shape index (κ1) is 21.1. The van der Waals surface area contributed by atoms with E-state index in [1.807, 2.05) is 36.9 Å². The molecule has 0 saturated carbocycles. The summed E-state index contributed by atoms with van der Waals surface area (Å²) in [6.07, 6.45) is 1.61. The van der Waals surface area contributed by atoms with E-state index in [0.29, 0.717) is 54.6 Å². The molecule has 4 rings (SSSR count). The Kier molecular flexibility index (Phi) is 5.82. The van der Waals surface area contributed by atoms with Gasteiger partial charge in [-0.3, -0.25) is 9.59 Å². The summed E-state index contributed by atoms with van der Waals surface area (Å²) in [6, 6.07) is 9.14. The van der Waals surface area contributed by atoms with Gasteiger partial charge in [-0.2, -0.15) is 9.78 Å². The number of rotatable bonds is 4. The topological polar surface area (TPSA) is 84.5 Å². The van der Waals surface area contributed by atoms with E-state index < -0.39 is 0 Å². The lowest BCUT2D eigenvalue weighted by Crippen LogP contribution is -2.49. The molecule has 8 nitrogen and oxygen atoms in total. The zero-order chi connectivity index (χ0) is 22.1. The summed E-state index contributed by atoms with van der Waals surface area (Å²) in [5, 5.41) is 8.39. The van der Waals surface area contributed by atoms with Gasteiger partial charge in [-0.15, -0.1) is 0 Å². The van der Waals surface area contributed by atoms with Crippen LogP contribution in [0.4, 0.5) is 5.69 Å². The molecule has 3 aromatic rings. The lowest BCUT2D eigenvalue weighted by atomic mass is 10.0. The fourth-order valence-corrected chi connectivity index (χ4v) is 4.00. The highest BCUT2D eigenvalue weighted by Crippen LogP contribution is 2.26. The van der Waals surface area contributed by atoms with E-state index in [1.165, 1.54) is 4.68 Å². The van der Waals surface area contributed by atoms with E-state index in [9.17, 15) is 9.59 Å². The van der Waals surface area contributed by atoms with E-state index in [-0.39, 0.29) is 22.4 Å². The van der Waals surface area contributed by atoms with Crippen molar-refractivity contribution >= 4 is 23.2 Å². The second-order valence-electron chi connectivity index (χ2n) is 7.84. The monoisotopic (exact) mass is 441 g/mol. The van der Waals surface area contributed by atoms with Gasteiger partial charge in [0.2, 0.25) is 0 Å². The highest BCUT2D eigenvalue weighted by Gasteiger charge is 2.30. The number of hydrogen-bond acceptors (Lipinski definition) is 6. The average Bonchev–Trinajstić information content (AvgIpc) is 3.17. The Morgan fingerprint density at radius 3 is 2.45 bits per heavy atom. The minimum atomic E-state index is -0.370. The quantitative estimate of drug-likeness (QED) is 0.617. The smallest absolute Gasteiger partial charge is 0.292 e. The third-order valence-corrected chi connectivity index (χ3v) is 5.79. The maximum Gasteiger partial charge on any atom is 0.292 e. The number of benzene rings is 1. The first-order chi connectivity index (χ1) is 14.9. The highest BCUT2D eigenvalue weighted by molar-refractivity contribution is 6.33. The van der Waals surface area contributed by atoms with Crippen molar-refractivity contribution in [3.63, 3.8) is 0 Å². The first-order valence-electron chi connectivity index (χ1n) is 10.2. The minimum absolute atomic E-state index is 0.0717. The molecular formula is C22H24ClN5O3. The summed E-state index contributed by atoms with van der Waals surface area (Å²) in [7, 11) is 0. The van der Waals surface area contributed by atoms with Gasteiger partial charge in [0, 0.05) is 32.1 Å². The Bertz CT molecular complexity index is 1150. The number of carbonyl (C=O) groups is 1. The lowest BCUT2D eigenvalue weighted by molar-refractivity contribution is 0.0743. The summed E-state index contributed by atoms with van der Waals surface area (Å²) in [6.45, 7) is 7.82. The van der Waals surface area contributed by atoms with Crippen molar-refractivity contribution in [2.45, 2.75) is 26.7 Å². The van der Waals surface area contributed by atoms with Gasteiger partial charge < -0.3 is 14.3 Å². The SMILES string of the molecule is Cc1noc(C(C)C)c1C(=O)N1CCN(c2cnn(-c3ccccc3)c(=O)c2Cl)CC1. The second-order valence-corrected chi connectivity index (χ2v) is 8.22. The lowest BCUT2D eigenvalue weighted by Gasteiger charge is -2.36. The zero-order valence-corrected chi connectivity index (χ0v) is 18.5. The summed E-state index contributed by atoms with van der Waals surface area (Å²) in [4.78, 5) is 29.6. The molecule has 1 aromatic carbocycles. The molecule has 0 spiro atoms. The van der Waals surface area contributed by atoms with Gasteiger partial charge in [-0.05, 0) is 19.1 Å². The van der Waals surface area contributed by atoms with Crippen LogP contribution in [0.1, 0.15) is 41.6 Å². The first-order valence-corrected chi connectivity index (χ1v) is 10.6. The van der Waals surface area contributed by atoms with Crippen LogP contribution in [0.25, 0.3) is 5.69 Å². The number of aromatic nitrogens is 3. The molecule has 31 heavy (non-hydrogen) atoms. The summed E-state index contributed by atoms with van der Waals surface area (Å²) < 4.78 is 6.65. The van der Waals surface area contributed by atoms with Crippen molar-refractivity contribution < 1.29 is 9.32 Å². The molecule has 2 aromatic heterocycles. The third-order valence-electron chi connectivity index (χ3n) is 5.44. The van der Waals surface area contributed by atoms with Crippen molar-refractivity contribution in [1.29, 1.82) is 0 Å². The Hall–Kier alpha value is -3.13. The number of amides is 1. The van der Waals surface area contributed by atoms with Crippen molar-refractivity contribution in [2.24, 2.45) is 0 Å². The van der Waals surface area contributed by atoms with Crippen LogP contribution in [0.3, 0.4) is 0 Å². The average molecular weight is 442 g/mol. The molecule has 1 fully saturated rings. The van der Waals surface area contributed by atoms with Crippen LogP contribution in [0.5, 0.6) is 0 Å². The summed E-state index contributed by atoms with van der Waals surface area (Å²) in [5.41, 5.74) is 2.02. The van der Waals surface area contributed by atoms with Crippen molar-refractivity contribution in [2.75, 3.05) is 31.1 Å². The molecular weight excluding hydrogens is 418 g/mol. The van der Waals surface area contributed by atoms with Crippen LogP contribution >= 0.6 is 11.6 Å². The van der Waals surface area contributed by atoms with Gasteiger partial charge in [-0.1, -0.05) is 48.8 Å². The third kappa shape index (κ3) is 3.95. The van der Waals surface area contributed by atoms with Gasteiger partial charge in [0.25, 0.3) is 11.5 Å². The molecule has 9 heteroatoms. The van der Waals surface area contributed by atoms with Gasteiger partial charge in [0.15, 0.2) is 5.76 Å². The molecule has 0 aliphatic carbocycles.